The molecule has 11 rings (SSSR count). The van der Waals surface area contributed by atoms with Gasteiger partial charge in [0.25, 0.3) is 0 Å². The first kappa shape index (κ1) is 32.7. The van der Waals surface area contributed by atoms with Crippen LogP contribution in [0.1, 0.15) is 25.0 Å². The summed E-state index contributed by atoms with van der Waals surface area (Å²) < 4.78 is 2.63. The Labute approximate surface area is 330 Å². The SMILES string of the molecule is CC1(C)c2ccccc2-c2ccc(-c3cc(-c4cc(-c5ccccc5)cc(-c5cccc6c5sc5c7ccccc7ccc65)c4)nc(-c4ccccc4)n3)cc21. The molecule has 0 aliphatic heterocycles. The van der Waals surface area contributed by atoms with E-state index in [2.05, 4.69) is 190 Å². The van der Waals surface area contributed by atoms with E-state index >= 15 is 0 Å². The van der Waals surface area contributed by atoms with Crippen LogP contribution in [0.4, 0.5) is 0 Å². The van der Waals surface area contributed by atoms with Crippen molar-refractivity contribution in [2.24, 2.45) is 0 Å². The average molecular weight is 733 g/mol. The number of aromatic nitrogens is 2. The fourth-order valence-corrected chi connectivity index (χ4v) is 10.2. The van der Waals surface area contributed by atoms with Crippen LogP contribution in [-0.2, 0) is 5.41 Å². The quantitative estimate of drug-likeness (QED) is 0.176. The van der Waals surface area contributed by atoms with E-state index < -0.39 is 0 Å². The second-order valence-electron chi connectivity index (χ2n) is 15.4. The largest absolute Gasteiger partial charge is 0.228 e. The van der Waals surface area contributed by atoms with Gasteiger partial charge in [0.15, 0.2) is 5.82 Å². The zero-order valence-corrected chi connectivity index (χ0v) is 31.9. The van der Waals surface area contributed by atoms with E-state index in [1.54, 1.807) is 0 Å². The van der Waals surface area contributed by atoms with E-state index in [9.17, 15) is 0 Å². The molecule has 0 N–H and O–H groups in total. The molecule has 0 bridgehead atoms. The molecule has 0 radical (unpaired) electrons. The lowest BCUT2D eigenvalue weighted by molar-refractivity contribution is 0.660. The first-order chi connectivity index (χ1) is 27.5. The molecular weight excluding hydrogens is 697 g/mol. The summed E-state index contributed by atoms with van der Waals surface area (Å²) in [6.07, 6.45) is 0. The predicted octanol–water partition coefficient (Wildman–Crippen LogP) is 14.6. The second kappa shape index (κ2) is 12.7. The highest BCUT2D eigenvalue weighted by Crippen LogP contribution is 2.50. The van der Waals surface area contributed by atoms with Crippen molar-refractivity contribution in [3.63, 3.8) is 0 Å². The molecule has 1 aliphatic rings. The fourth-order valence-electron chi connectivity index (χ4n) is 8.80. The lowest BCUT2D eigenvalue weighted by Crippen LogP contribution is -2.14. The minimum absolute atomic E-state index is 0.112. The van der Waals surface area contributed by atoms with Crippen LogP contribution in [0.5, 0.6) is 0 Å². The molecule has 0 amide bonds. The summed E-state index contributed by atoms with van der Waals surface area (Å²) in [6.45, 7) is 4.66. The zero-order valence-electron chi connectivity index (χ0n) is 31.1. The molecule has 10 aromatic rings. The minimum Gasteiger partial charge on any atom is -0.228 e. The number of hydrogen-bond acceptors (Lipinski definition) is 3. The first-order valence-corrected chi connectivity index (χ1v) is 20.0. The molecular formula is C53H36N2S. The molecule has 2 nitrogen and oxygen atoms in total. The molecule has 0 unspecified atom stereocenters. The monoisotopic (exact) mass is 732 g/mol. The van der Waals surface area contributed by atoms with Gasteiger partial charge in [-0.3, -0.25) is 0 Å². The lowest BCUT2D eigenvalue weighted by atomic mass is 9.82. The van der Waals surface area contributed by atoms with Gasteiger partial charge in [-0.15, -0.1) is 11.3 Å². The smallest absolute Gasteiger partial charge is 0.160 e. The zero-order chi connectivity index (χ0) is 37.4. The highest BCUT2D eigenvalue weighted by atomic mass is 32.1. The maximum atomic E-state index is 5.33. The maximum absolute atomic E-state index is 5.33. The molecule has 0 saturated carbocycles. The topological polar surface area (TPSA) is 25.8 Å². The molecule has 264 valence electrons. The minimum atomic E-state index is -0.112. The highest BCUT2D eigenvalue weighted by molar-refractivity contribution is 7.27. The van der Waals surface area contributed by atoms with Crippen molar-refractivity contribution in [3.8, 4) is 67.3 Å². The number of fused-ring (bicyclic) bond motifs is 8. The summed E-state index contributed by atoms with van der Waals surface area (Å²) in [4.78, 5) is 10.6. The Morgan fingerprint density at radius 1 is 0.375 bits per heavy atom. The van der Waals surface area contributed by atoms with Crippen LogP contribution >= 0.6 is 11.3 Å². The van der Waals surface area contributed by atoms with Gasteiger partial charge in [0, 0.05) is 42.3 Å². The van der Waals surface area contributed by atoms with Crippen LogP contribution in [0.3, 0.4) is 0 Å². The van der Waals surface area contributed by atoms with Gasteiger partial charge in [0.05, 0.1) is 11.4 Å². The summed E-state index contributed by atoms with van der Waals surface area (Å²) in [6, 6.07) is 65.9. The van der Waals surface area contributed by atoms with Crippen molar-refractivity contribution >= 4 is 42.3 Å². The fraction of sp³-hybridized carbons (Fsp3) is 0.0566. The van der Waals surface area contributed by atoms with Crippen molar-refractivity contribution in [1.29, 1.82) is 0 Å². The number of nitrogens with zero attached hydrogens (tertiary/aromatic N) is 2. The van der Waals surface area contributed by atoms with Crippen molar-refractivity contribution < 1.29 is 0 Å². The van der Waals surface area contributed by atoms with E-state index in [-0.39, 0.29) is 5.41 Å². The lowest BCUT2D eigenvalue weighted by Gasteiger charge is -2.22. The van der Waals surface area contributed by atoms with Gasteiger partial charge in [-0.05, 0) is 85.6 Å². The summed E-state index contributed by atoms with van der Waals surface area (Å²) in [7, 11) is 0. The average Bonchev–Trinajstić information content (AvgIpc) is 3.76. The van der Waals surface area contributed by atoms with Crippen LogP contribution in [0.2, 0.25) is 0 Å². The Balaban J connectivity index is 1.13. The van der Waals surface area contributed by atoms with Gasteiger partial charge in [0.1, 0.15) is 0 Å². The Kier molecular flexibility index (Phi) is 7.42. The normalized spacial score (nSPS) is 13.0. The molecule has 0 fully saturated rings. The molecule has 1 aliphatic carbocycles. The molecule has 2 aromatic heterocycles. The van der Waals surface area contributed by atoms with Crippen LogP contribution < -0.4 is 0 Å². The molecule has 0 atom stereocenters. The van der Waals surface area contributed by atoms with E-state index in [1.165, 1.54) is 69.9 Å². The van der Waals surface area contributed by atoms with Crippen LogP contribution in [0, 0.1) is 0 Å². The summed E-state index contributed by atoms with van der Waals surface area (Å²) in [5.41, 5.74) is 14.9. The van der Waals surface area contributed by atoms with Crippen LogP contribution in [-0.4, -0.2) is 9.97 Å². The van der Waals surface area contributed by atoms with Gasteiger partial charge >= 0.3 is 0 Å². The first-order valence-electron chi connectivity index (χ1n) is 19.2. The van der Waals surface area contributed by atoms with Crippen molar-refractivity contribution in [2.75, 3.05) is 0 Å². The van der Waals surface area contributed by atoms with Crippen molar-refractivity contribution in [1.82, 2.24) is 9.97 Å². The Bertz CT molecular complexity index is 3160. The highest BCUT2D eigenvalue weighted by Gasteiger charge is 2.35. The molecule has 0 spiro atoms. The van der Waals surface area contributed by atoms with E-state index in [1.807, 2.05) is 17.4 Å². The van der Waals surface area contributed by atoms with Crippen molar-refractivity contribution in [2.45, 2.75) is 19.3 Å². The molecule has 56 heavy (non-hydrogen) atoms. The van der Waals surface area contributed by atoms with Crippen molar-refractivity contribution in [3.05, 3.63) is 193 Å². The second-order valence-corrected chi connectivity index (χ2v) is 16.4. The van der Waals surface area contributed by atoms with Gasteiger partial charge in [0.2, 0.25) is 0 Å². The third-order valence-corrected chi connectivity index (χ3v) is 13.0. The number of hydrogen-bond donors (Lipinski definition) is 0. The van der Waals surface area contributed by atoms with E-state index in [0.29, 0.717) is 5.82 Å². The maximum Gasteiger partial charge on any atom is 0.160 e. The Morgan fingerprint density at radius 2 is 1.00 bits per heavy atom. The molecule has 2 heterocycles. The number of benzene rings is 8. The van der Waals surface area contributed by atoms with Gasteiger partial charge in [-0.25, -0.2) is 9.97 Å². The van der Waals surface area contributed by atoms with Crippen LogP contribution in [0.25, 0.3) is 98.2 Å². The van der Waals surface area contributed by atoms with E-state index in [4.69, 9.17) is 9.97 Å². The number of rotatable bonds is 5. The number of thiophene rings is 1. The van der Waals surface area contributed by atoms with Gasteiger partial charge in [-0.2, -0.15) is 0 Å². The predicted molar refractivity (Wildman–Crippen MR) is 237 cm³/mol. The van der Waals surface area contributed by atoms with Gasteiger partial charge < -0.3 is 0 Å². The van der Waals surface area contributed by atoms with Crippen LogP contribution in [0.15, 0.2) is 182 Å². The molecule has 0 saturated heterocycles. The Hall–Kier alpha value is -6.68. The third kappa shape index (κ3) is 5.23. The van der Waals surface area contributed by atoms with Gasteiger partial charge in [-0.1, -0.05) is 166 Å². The third-order valence-electron chi connectivity index (χ3n) is 11.7. The Morgan fingerprint density at radius 3 is 1.84 bits per heavy atom. The summed E-state index contributed by atoms with van der Waals surface area (Å²) >= 11 is 1.89. The molecule has 8 aromatic carbocycles. The van der Waals surface area contributed by atoms with E-state index in [0.717, 1.165) is 33.6 Å². The summed E-state index contributed by atoms with van der Waals surface area (Å²) in [5, 5.41) is 5.17. The molecule has 3 heteroatoms. The standard InChI is InChI=1S/C53H36N2S/c1-53(2)46-23-12-11-20-42(46)43-26-25-36(31-47(43)53)48-32-49(55-52(54-48)35-17-7-4-8-18-35)39-29-37(33-14-5-3-6-15-33)28-38(30-39)41-21-13-22-44-45-27-24-34-16-9-10-19-40(34)50(45)56-51(41)44/h3-32H,1-2H3. The summed E-state index contributed by atoms with van der Waals surface area (Å²) in [5.74, 6) is 0.714.